The molecular formula is C17H14Cl2N4O. The number of carbonyl (C=O) groups is 1. The maximum absolute atomic E-state index is 11.9. The molecule has 0 saturated heterocycles. The summed E-state index contributed by atoms with van der Waals surface area (Å²) < 4.78 is 1.76. The van der Waals surface area contributed by atoms with E-state index in [0.717, 1.165) is 11.3 Å². The number of hydrogen-bond donors (Lipinski definition) is 2. The van der Waals surface area contributed by atoms with E-state index in [4.69, 9.17) is 23.2 Å². The van der Waals surface area contributed by atoms with E-state index in [1.807, 2.05) is 36.5 Å². The number of hydrogen-bond acceptors (Lipinski definition) is 2. The normalized spacial score (nSPS) is 10.4. The average Bonchev–Trinajstić information content (AvgIpc) is 3.06. The van der Waals surface area contributed by atoms with Gasteiger partial charge in [-0.15, -0.1) is 0 Å². The molecule has 2 N–H and O–H groups in total. The van der Waals surface area contributed by atoms with E-state index in [1.54, 1.807) is 29.1 Å². The van der Waals surface area contributed by atoms with E-state index in [2.05, 4.69) is 15.7 Å². The van der Waals surface area contributed by atoms with E-state index in [0.29, 0.717) is 22.3 Å². The summed E-state index contributed by atoms with van der Waals surface area (Å²) in [5.74, 6) is 0. The summed E-state index contributed by atoms with van der Waals surface area (Å²) in [4.78, 5) is 11.9. The van der Waals surface area contributed by atoms with Gasteiger partial charge in [0.15, 0.2) is 0 Å². The quantitative estimate of drug-likeness (QED) is 0.719. The van der Waals surface area contributed by atoms with Crippen molar-refractivity contribution in [1.29, 1.82) is 0 Å². The average molecular weight is 361 g/mol. The molecule has 1 heterocycles. The molecule has 0 unspecified atom stereocenters. The number of nitrogens with one attached hydrogen (secondary N) is 2. The summed E-state index contributed by atoms with van der Waals surface area (Å²) in [5, 5.41) is 10.6. The Kier molecular flexibility index (Phi) is 5.03. The van der Waals surface area contributed by atoms with Crippen molar-refractivity contribution in [2.45, 2.75) is 6.54 Å². The van der Waals surface area contributed by atoms with Crippen molar-refractivity contribution >= 4 is 34.9 Å². The van der Waals surface area contributed by atoms with Crippen LogP contribution in [0.15, 0.2) is 60.9 Å². The second-order valence-corrected chi connectivity index (χ2v) is 5.88. The first-order chi connectivity index (χ1) is 11.6. The molecule has 0 aliphatic heterocycles. The molecule has 5 nitrogen and oxygen atoms in total. The molecule has 0 aliphatic rings. The third-order valence-corrected chi connectivity index (χ3v) is 4.03. The summed E-state index contributed by atoms with van der Waals surface area (Å²) in [6.45, 7) is 0.361. The highest BCUT2D eigenvalue weighted by Gasteiger charge is 2.06. The van der Waals surface area contributed by atoms with Crippen molar-refractivity contribution in [3.8, 4) is 5.69 Å². The minimum atomic E-state index is -0.333. The van der Waals surface area contributed by atoms with Crippen molar-refractivity contribution in [2.24, 2.45) is 0 Å². The SMILES string of the molecule is O=C(NCc1cnn(-c2ccccc2)c1)Nc1ccc(Cl)c(Cl)c1. The predicted molar refractivity (Wildman–Crippen MR) is 95.9 cm³/mol. The summed E-state index contributed by atoms with van der Waals surface area (Å²) in [7, 11) is 0. The van der Waals surface area contributed by atoms with Crippen LogP contribution in [0.3, 0.4) is 0 Å². The third-order valence-electron chi connectivity index (χ3n) is 3.29. The fourth-order valence-electron chi connectivity index (χ4n) is 2.10. The molecule has 24 heavy (non-hydrogen) atoms. The zero-order valence-corrected chi connectivity index (χ0v) is 14.1. The molecule has 122 valence electrons. The molecule has 3 aromatic rings. The van der Waals surface area contributed by atoms with Crippen LogP contribution in [0.1, 0.15) is 5.56 Å². The standard InChI is InChI=1S/C17H14Cl2N4O/c18-15-7-6-13(8-16(15)19)22-17(24)20-9-12-10-21-23(11-12)14-4-2-1-3-5-14/h1-8,10-11H,9H2,(H2,20,22,24). The molecule has 2 aromatic carbocycles. The van der Waals surface area contributed by atoms with Crippen LogP contribution >= 0.6 is 23.2 Å². The van der Waals surface area contributed by atoms with Crippen LogP contribution in [0, 0.1) is 0 Å². The van der Waals surface area contributed by atoms with Crippen LogP contribution in [-0.4, -0.2) is 15.8 Å². The lowest BCUT2D eigenvalue weighted by Crippen LogP contribution is -2.28. The zero-order chi connectivity index (χ0) is 16.9. The zero-order valence-electron chi connectivity index (χ0n) is 12.5. The predicted octanol–water partition coefficient (Wildman–Crippen LogP) is 4.50. The van der Waals surface area contributed by atoms with Crippen LogP contribution in [0.2, 0.25) is 10.0 Å². The molecule has 0 aliphatic carbocycles. The number of para-hydroxylation sites is 1. The number of carbonyl (C=O) groups excluding carboxylic acids is 1. The van der Waals surface area contributed by atoms with Crippen LogP contribution in [0.4, 0.5) is 10.5 Å². The number of rotatable bonds is 4. The highest BCUT2D eigenvalue weighted by molar-refractivity contribution is 6.42. The van der Waals surface area contributed by atoms with E-state index in [9.17, 15) is 4.79 Å². The maximum atomic E-state index is 11.9. The molecule has 7 heteroatoms. The van der Waals surface area contributed by atoms with Crippen molar-refractivity contribution in [1.82, 2.24) is 15.1 Å². The number of halogens is 2. The van der Waals surface area contributed by atoms with Gasteiger partial charge in [-0.25, -0.2) is 9.48 Å². The lowest BCUT2D eigenvalue weighted by atomic mass is 10.3. The molecule has 1 aromatic heterocycles. The summed E-state index contributed by atoms with van der Waals surface area (Å²) >= 11 is 11.8. The lowest BCUT2D eigenvalue weighted by Gasteiger charge is -2.07. The van der Waals surface area contributed by atoms with E-state index >= 15 is 0 Å². The minimum absolute atomic E-state index is 0.333. The number of aromatic nitrogens is 2. The molecule has 3 rings (SSSR count). The fraction of sp³-hybridized carbons (Fsp3) is 0.0588. The number of urea groups is 1. The monoisotopic (exact) mass is 360 g/mol. The Labute approximate surface area is 149 Å². The number of benzene rings is 2. The number of amides is 2. The largest absolute Gasteiger partial charge is 0.334 e. The van der Waals surface area contributed by atoms with Gasteiger partial charge in [0.25, 0.3) is 0 Å². The molecule has 0 bridgehead atoms. The number of anilines is 1. The number of nitrogens with zero attached hydrogens (tertiary/aromatic N) is 2. The Hall–Kier alpha value is -2.50. The second kappa shape index (κ2) is 7.38. The minimum Gasteiger partial charge on any atom is -0.334 e. The highest BCUT2D eigenvalue weighted by atomic mass is 35.5. The van der Waals surface area contributed by atoms with E-state index in [-0.39, 0.29) is 6.03 Å². The van der Waals surface area contributed by atoms with Crippen molar-refractivity contribution < 1.29 is 4.79 Å². The fourth-order valence-corrected chi connectivity index (χ4v) is 2.40. The van der Waals surface area contributed by atoms with Gasteiger partial charge in [-0.2, -0.15) is 5.10 Å². The van der Waals surface area contributed by atoms with Crippen LogP contribution in [0.5, 0.6) is 0 Å². The van der Waals surface area contributed by atoms with E-state index < -0.39 is 0 Å². The Bertz CT molecular complexity index is 849. The van der Waals surface area contributed by atoms with Gasteiger partial charge >= 0.3 is 6.03 Å². The highest BCUT2D eigenvalue weighted by Crippen LogP contribution is 2.24. The Morgan fingerprint density at radius 1 is 1.08 bits per heavy atom. The summed E-state index contributed by atoms with van der Waals surface area (Å²) in [6, 6.07) is 14.3. The van der Waals surface area contributed by atoms with Crippen LogP contribution in [-0.2, 0) is 6.54 Å². The first-order valence-electron chi connectivity index (χ1n) is 7.21. The summed E-state index contributed by atoms with van der Waals surface area (Å²) in [5.41, 5.74) is 2.43. The first kappa shape index (κ1) is 16.4. The lowest BCUT2D eigenvalue weighted by molar-refractivity contribution is 0.251. The van der Waals surface area contributed by atoms with Gasteiger partial charge < -0.3 is 10.6 Å². The van der Waals surface area contributed by atoms with Crippen LogP contribution < -0.4 is 10.6 Å². The molecule has 0 radical (unpaired) electrons. The molecule has 0 spiro atoms. The first-order valence-corrected chi connectivity index (χ1v) is 7.96. The second-order valence-electron chi connectivity index (χ2n) is 5.07. The maximum Gasteiger partial charge on any atom is 0.319 e. The molecule has 2 amide bonds. The van der Waals surface area contributed by atoms with Crippen molar-refractivity contribution in [2.75, 3.05) is 5.32 Å². The van der Waals surface area contributed by atoms with Crippen LogP contribution in [0.25, 0.3) is 5.69 Å². The molecular weight excluding hydrogens is 347 g/mol. The van der Waals surface area contributed by atoms with Gasteiger partial charge in [0.2, 0.25) is 0 Å². The summed E-state index contributed by atoms with van der Waals surface area (Å²) in [6.07, 6.45) is 3.58. The van der Waals surface area contributed by atoms with Crippen molar-refractivity contribution in [3.05, 3.63) is 76.5 Å². The topological polar surface area (TPSA) is 59.0 Å². The molecule has 0 atom stereocenters. The van der Waals surface area contributed by atoms with Gasteiger partial charge in [0, 0.05) is 24.0 Å². The molecule has 0 fully saturated rings. The van der Waals surface area contributed by atoms with Gasteiger partial charge in [-0.05, 0) is 30.3 Å². The van der Waals surface area contributed by atoms with Crippen molar-refractivity contribution in [3.63, 3.8) is 0 Å². The van der Waals surface area contributed by atoms with Gasteiger partial charge in [0.1, 0.15) is 0 Å². The van der Waals surface area contributed by atoms with E-state index in [1.165, 1.54) is 0 Å². The smallest absolute Gasteiger partial charge is 0.319 e. The Balaban J connectivity index is 1.56. The Morgan fingerprint density at radius 3 is 2.62 bits per heavy atom. The third kappa shape index (κ3) is 4.07. The van der Waals surface area contributed by atoms with Gasteiger partial charge in [-0.1, -0.05) is 41.4 Å². The molecule has 0 saturated carbocycles. The van der Waals surface area contributed by atoms with Gasteiger partial charge in [-0.3, -0.25) is 0 Å². The Morgan fingerprint density at radius 2 is 1.88 bits per heavy atom. The van der Waals surface area contributed by atoms with Gasteiger partial charge in [0.05, 0.1) is 21.9 Å².